The Morgan fingerprint density at radius 1 is 1.13 bits per heavy atom. The van der Waals surface area contributed by atoms with Gasteiger partial charge in [0.25, 0.3) is 0 Å². The van der Waals surface area contributed by atoms with Gasteiger partial charge in [-0.1, -0.05) is 37.0 Å². The van der Waals surface area contributed by atoms with Crippen LogP contribution in [0.15, 0.2) is 91.4 Å². The molecule has 4 N–H and O–H groups in total. The Morgan fingerprint density at radius 2 is 1.93 bits per heavy atom. The van der Waals surface area contributed by atoms with Crippen LogP contribution >= 0.6 is 9.39 Å². The van der Waals surface area contributed by atoms with Crippen LogP contribution in [0.5, 0.6) is 0 Å². The molecule has 5 rings (SSSR count). The summed E-state index contributed by atoms with van der Waals surface area (Å²) < 4.78 is 18.0. The number of halogens is 1. The lowest BCUT2D eigenvalue weighted by Crippen LogP contribution is -2.23. The number of hydrogen-bond donors (Lipinski definition) is 4. The Morgan fingerprint density at radius 3 is 2.64 bits per heavy atom. The quantitative estimate of drug-likeness (QED) is 0.0908. The van der Waals surface area contributed by atoms with Crippen molar-refractivity contribution in [2.24, 2.45) is 0 Å². The van der Waals surface area contributed by atoms with Gasteiger partial charge in [0.05, 0.1) is 11.0 Å². The molecule has 0 aliphatic rings. The van der Waals surface area contributed by atoms with Crippen LogP contribution in [0.3, 0.4) is 0 Å². The minimum absolute atomic E-state index is 0.324. The molecular weight excluding hydrogens is 584 g/mol. The highest BCUT2D eigenvalue weighted by atomic mass is 32.2. The molecule has 0 saturated carbocycles. The predicted molar refractivity (Wildman–Crippen MR) is 192 cm³/mol. The van der Waals surface area contributed by atoms with Crippen LogP contribution < -0.4 is 10.0 Å². The summed E-state index contributed by atoms with van der Waals surface area (Å²) in [5.41, 5.74) is 8.80. The zero-order valence-corrected chi connectivity index (χ0v) is 27.0. The number of fused-ring (bicyclic) bond motifs is 2. The molecule has 0 unspecified atom stereocenters. The molecule has 10 heteroatoms. The lowest BCUT2D eigenvalue weighted by molar-refractivity contribution is 0.438. The van der Waals surface area contributed by atoms with Gasteiger partial charge >= 0.3 is 0 Å². The number of hydrogen-bond acceptors (Lipinski definition) is 6. The maximum absolute atomic E-state index is 14.8. The van der Waals surface area contributed by atoms with E-state index in [0.29, 0.717) is 35.8 Å². The number of aromatic nitrogens is 5. The van der Waals surface area contributed by atoms with E-state index in [0.717, 1.165) is 50.1 Å². The molecule has 0 aliphatic heterocycles. The molecule has 0 radical (unpaired) electrons. The van der Waals surface area contributed by atoms with Crippen LogP contribution in [-0.4, -0.2) is 68.7 Å². The highest BCUT2D eigenvalue weighted by molar-refractivity contribution is 8.25. The van der Waals surface area contributed by atoms with Crippen molar-refractivity contribution in [3.63, 3.8) is 0 Å². The number of imidazole rings is 1. The van der Waals surface area contributed by atoms with Gasteiger partial charge < -0.3 is 15.2 Å². The van der Waals surface area contributed by atoms with Crippen molar-refractivity contribution in [1.82, 2.24) is 40.1 Å². The molecule has 8 nitrogen and oxygen atoms in total. The average Bonchev–Trinajstić information content (AvgIpc) is 3.61. The first-order valence-corrected chi connectivity index (χ1v) is 16.7. The van der Waals surface area contributed by atoms with Gasteiger partial charge in [0, 0.05) is 41.6 Å². The molecule has 0 atom stereocenters. The molecule has 45 heavy (non-hydrogen) atoms. The Hall–Kier alpha value is -4.77. The fraction of sp³-hybridized carbons (Fsp3) is 0.171. The van der Waals surface area contributed by atoms with Gasteiger partial charge in [-0.05, 0) is 98.1 Å². The summed E-state index contributed by atoms with van der Waals surface area (Å²) in [5.74, 6) is 8.34. The highest BCUT2D eigenvalue weighted by Gasteiger charge is 2.17. The second-order valence-electron chi connectivity index (χ2n) is 11.4. The van der Waals surface area contributed by atoms with E-state index < -0.39 is 9.39 Å². The highest BCUT2D eigenvalue weighted by Crippen LogP contribution is 2.33. The summed E-state index contributed by atoms with van der Waals surface area (Å²) in [7, 11) is 2.56. The molecular formula is C35H39FN8S. The van der Waals surface area contributed by atoms with Gasteiger partial charge in [0.15, 0.2) is 11.5 Å². The molecule has 3 heterocycles. The summed E-state index contributed by atoms with van der Waals surface area (Å²) in [6.07, 6.45) is 9.51. The number of nitrogens with one attached hydrogen (secondary N) is 4. The number of allylic oxidation sites excluding steroid dienone is 4. The molecule has 0 saturated heterocycles. The van der Waals surface area contributed by atoms with Crippen molar-refractivity contribution in [3.8, 4) is 22.6 Å². The Kier molecular flexibility index (Phi) is 9.19. The van der Waals surface area contributed by atoms with E-state index in [1.807, 2.05) is 57.6 Å². The summed E-state index contributed by atoms with van der Waals surface area (Å²) in [6.45, 7) is 11.3. The molecule has 0 fully saturated rings. The number of aromatic amines is 2. The summed E-state index contributed by atoms with van der Waals surface area (Å²) in [5, 5.41) is 12.0. The van der Waals surface area contributed by atoms with E-state index in [1.165, 1.54) is 12.1 Å². The standard InChI is InChI=1S/C35H39FN8S/c1-9-24(18-28(10-2)39-22(3)21-44(4)5)25-11-12-31-30(19-25)33(43-42-31)35-40-32-29(13-14-37-34(32)41-35)26-15-23(16-27(36)17-26)20-38-45(6,7)8/h9-19,38-39H,2-3,6-7,20-21H2,1,4-5,8H3,(H,42,43)(H,37,40,41)/b24-9+,28-18+. The fourth-order valence-electron chi connectivity index (χ4n) is 5.08. The number of likely N-dealkylation sites (N-methyl/N-ethyl adjacent to an activating group) is 1. The predicted octanol–water partition coefficient (Wildman–Crippen LogP) is 6.75. The molecule has 232 valence electrons. The van der Waals surface area contributed by atoms with Gasteiger partial charge in [-0.3, -0.25) is 9.82 Å². The third kappa shape index (κ3) is 7.49. The largest absolute Gasteiger partial charge is 0.358 e. The van der Waals surface area contributed by atoms with Gasteiger partial charge in [-0.25, -0.2) is 14.4 Å². The Bertz CT molecular complexity index is 2080. The van der Waals surface area contributed by atoms with E-state index in [9.17, 15) is 4.39 Å². The maximum atomic E-state index is 14.8. The SMILES string of the molecule is C=C/C(=C\C(=C/C)c1ccc2[nH]nc(-c3nc4nccc(-c5cc(F)cc(CNS(=C)(=C)C)c5)c4[nH]3)c2c1)NC(=C)CN(C)C. The number of H-pyrrole nitrogens is 2. The normalized spacial score (nSPS) is 12.8. The summed E-state index contributed by atoms with van der Waals surface area (Å²) in [4.78, 5) is 14.7. The first kappa shape index (κ1) is 31.6. The zero-order valence-electron chi connectivity index (χ0n) is 26.2. The van der Waals surface area contributed by atoms with Gasteiger partial charge in [-0.2, -0.15) is 14.5 Å². The van der Waals surface area contributed by atoms with E-state index >= 15 is 0 Å². The van der Waals surface area contributed by atoms with E-state index in [1.54, 1.807) is 12.3 Å². The molecule has 0 spiro atoms. The average molecular weight is 623 g/mol. The first-order valence-electron chi connectivity index (χ1n) is 14.4. The molecule has 0 amide bonds. The zero-order chi connectivity index (χ0) is 32.3. The second kappa shape index (κ2) is 13.1. The van der Waals surface area contributed by atoms with E-state index in [4.69, 9.17) is 4.98 Å². The number of pyridine rings is 1. The van der Waals surface area contributed by atoms with Crippen molar-refractivity contribution in [3.05, 3.63) is 108 Å². The van der Waals surface area contributed by atoms with Crippen molar-refractivity contribution < 1.29 is 4.39 Å². The lowest BCUT2D eigenvalue weighted by atomic mass is 10.0. The maximum Gasteiger partial charge on any atom is 0.178 e. The second-order valence-corrected chi connectivity index (χ2v) is 14.3. The molecule has 5 aromatic rings. The van der Waals surface area contributed by atoms with Crippen LogP contribution in [0.25, 0.3) is 50.3 Å². The van der Waals surface area contributed by atoms with Crippen molar-refractivity contribution in [1.29, 1.82) is 0 Å². The summed E-state index contributed by atoms with van der Waals surface area (Å²) >= 11 is 0. The van der Waals surface area contributed by atoms with Gasteiger partial charge in [-0.15, -0.1) is 0 Å². The Balaban J connectivity index is 1.51. The van der Waals surface area contributed by atoms with E-state index in [-0.39, 0.29) is 5.82 Å². The third-order valence-corrected chi connectivity index (χ3v) is 7.92. The molecule has 2 aromatic carbocycles. The van der Waals surface area contributed by atoms with Crippen LogP contribution in [0.4, 0.5) is 4.39 Å². The van der Waals surface area contributed by atoms with Crippen molar-refractivity contribution >= 4 is 48.8 Å². The van der Waals surface area contributed by atoms with Gasteiger partial charge in [0.2, 0.25) is 0 Å². The minimum Gasteiger partial charge on any atom is -0.358 e. The van der Waals surface area contributed by atoms with Crippen LogP contribution in [0.2, 0.25) is 0 Å². The van der Waals surface area contributed by atoms with Crippen LogP contribution in [0.1, 0.15) is 18.1 Å². The number of benzene rings is 2. The van der Waals surface area contributed by atoms with Crippen molar-refractivity contribution in [2.45, 2.75) is 13.5 Å². The van der Waals surface area contributed by atoms with E-state index in [2.05, 4.69) is 72.1 Å². The lowest BCUT2D eigenvalue weighted by Gasteiger charge is -2.15. The molecule has 0 bridgehead atoms. The first-order chi connectivity index (χ1) is 21.4. The van der Waals surface area contributed by atoms with Crippen LogP contribution in [-0.2, 0) is 6.54 Å². The Labute approximate surface area is 264 Å². The minimum atomic E-state index is -1.44. The van der Waals surface area contributed by atoms with Crippen molar-refractivity contribution in [2.75, 3.05) is 26.9 Å². The fourth-order valence-corrected chi connectivity index (χ4v) is 5.59. The molecule has 0 aliphatic carbocycles. The van der Waals surface area contributed by atoms with Crippen LogP contribution in [0, 0.1) is 5.82 Å². The number of rotatable bonds is 12. The third-order valence-electron chi connectivity index (χ3n) is 7.08. The van der Waals surface area contributed by atoms with Gasteiger partial charge in [0.1, 0.15) is 11.5 Å². The topological polar surface area (TPSA) is 97.5 Å². The summed E-state index contributed by atoms with van der Waals surface area (Å²) in [6, 6.07) is 13.0. The smallest absolute Gasteiger partial charge is 0.178 e. The monoisotopic (exact) mass is 622 g/mol. The molecule has 3 aromatic heterocycles. The number of nitrogens with zero attached hydrogens (tertiary/aromatic N) is 4.